The van der Waals surface area contributed by atoms with Gasteiger partial charge in [-0.25, -0.2) is 0 Å². The van der Waals surface area contributed by atoms with Crippen molar-refractivity contribution in [2.24, 2.45) is 5.92 Å². The number of benzene rings is 1. The van der Waals surface area contributed by atoms with Gasteiger partial charge in [-0.1, -0.05) is 25.5 Å². The molecule has 2 rings (SSSR count). The van der Waals surface area contributed by atoms with Crippen molar-refractivity contribution in [2.45, 2.75) is 19.8 Å². The molecule has 5 nitrogen and oxygen atoms in total. The summed E-state index contributed by atoms with van der Waals surface area (Å²) in [6.07, 6.45) is 1.52. The maximum Gasteiger partial charge on any atom is 0.244 e. The normalized spacial score (nSPS) is 18.7. The van der Waals surface area contributed by atoms with Crippen LogP contribution in [0.5, 0.6) is 0 Å². The van der Waals surface area contributed by atoms with E-state index in [0.717, 1.165) is 6.42 Å². The van der Waals surface area contributed by atoms with Crippen LogP contribution in [0, 0.1) is 5.92 Å². The number of carbonyl (C=O) groups is 2. The Kier molecular flexibility index (Phi) is 4.04. The van der Waals surface area contributed by atoms with Gasteiger partial charge in [-0.3, -0.25) is 9.59 Å². The van der Waals surface area contributed by atoms with Crippen LogP contribution in [-0.4, -0.2) is 29.8 Å². The third-order valence-electron chi connectivity index (χ3n) is 3.44. The number of likely N-dealkylation sites (tertiary alicyclic amines) is 1. The SMILES string of the molecule is CCC1CC(=O)N(CC(=O)Nc2ccccc2N)C1. The van der Waals surface area contributed by atoms with E-state index < -0.39 is 0 Å². The van der Waals surface area contributed by atoms with Crippen LogP contribution in [0.2, 0.25) is 0 Å². The molecule has 19 heavy (non-hydrogen) atoms. The molecule has 0 aromatic heterocycles. The highest BCUT2D eigenvalue weighted by Crippen LogP contribution is 2.21. The van der Waals surface area contributed by atoms with Crippen molar-refractivity contribution < 1.29 is 9.59 Å². The molecule has 2 amide bonds. The Bertz CT molecular complexity index is 487. The maximum atomic E-state index is 11.9. The zero-order valence-corrected chi connectivity index (χ0v) is 11.1. The lowest BCUT2D eigenvalue weighted by Crippen LogP contribution is -2.34. The number of hydrogen-bond donors (Lipinski definition) is 2. The number of rotatable bonds is 4. The van der Waals surface area contributed by atoms with Gasteiger partial charge in [-0.05, 0) is 18.1 Å². The number of nitrogens with zero attached hydrogens (tertiary/aromatic N) is 1. The Hall–Kier alpha value is -2.04. The molecule has 1 unspecified atom stereocenters. The van der Waals surface area contributed by atoms with E-state index in [1.54, 1.807) is 29.2 Å². The first kappa shape index (κ1) is 13.4. The van der Waals surface area contributed by atoms with Crippen LogP contribution in [0.3, 0.4) is 0 Å². The highest BCUT2D eigenvalue weighted by molar-refractivity contribution is 5.97. The summed E-state index contributed by atoms with van der Waals surface area (Å²) in [5.74, 6) is 0.230. The van der Waals surface area contributed by atoms with Gasteiger partial charge in [0.25, 0.3) is 0 Å². The third-order valence-corrected chi connectivity index (χ3v) is 3.44. The molecule has 102 valence electrons. The molecule has 0 bridgehead atoms. The Balaban J connectivity index is 1.92. The molecule has 0 spiro atoms. The molecule has 3 N–H and O–H groups in total. The monoisotopic (exact) mass is 261 g/mol. The molecule has 1 heterocycles. The predicted molar refractivity (Wildman–Crippen MR) is 74.5 cm³/mol. The second-order valence-electron chi connectivity index (χ2n) is 4.89. The number of nitrogens with one attached hydrogen (secondary N) is 1. The second-order valence-corrected chi connectivity index (χ2v) is 4.89. The Morgan fingerprint density at radius 3 is 2.84 bits per heavy atom. The fourth-order valence-corrected chi connectivity index (χ4v) is 2.25. The zero-order chi connectivity index (χ0) is 13.8. The minimum Gasteiger partial charge on any atom is -0.397 e. The Labute approximate surface area is 112 Å². The van der Waals surface area contributed by atoms with E-state index in [1.165, 1.54) is 0 Å². The maximum absolute atomic E-state index is 11.9. The number of nitrogen functional groups attached to an aromatic ring is 1. The number of para-hydroxylation sites is 2. The largest absolute Gasteiger partial charge is 0.397 e. The number of amides is 2. The van der Waals surface area contributed by atoms with E-state index in [-0.39, 0.29) is 18.4 Å². The summed E-state index contributed by atoms with van der Waals surface area (Å²) in [5, 5.41) is 2.73. The molecule has 0 radical (unpaired) electrons. The number of carbonyl (C=O) groups excluding carboxylic acids is 2. The van der Waals surface area contributed by atoms with Crippen molar-refractivity contribution >= 4 is 23.2 Å². The number of anilines is 2. The molecular formula is C14H19N3O2. The fraction of sp³-hybridized carbons (Fsp3) is 0.429. The van der Waals surface area contributed by atoms with Crippen molar-refractivity contribution in [1.29, 1.82) is 0 Å². The van der Waals surface area contributed by atoms with Gasteiger partial charge in [0.15, 0.2) is 0 Å². The molecular weight excluding hydrogens is 242 g/mol. The molecule has 0 aliphatic carbocycles. The van der Waals surface area contributed by atoms with Gasteiger partial charge in [0, 0.05) is 13.0 Å². The van der Waals surface area contributed by atoms with Gasteiger partial charge in [-0.15, -0.1) is 0 Å². The molecule has 1 atom stereocenters. The summed E-state index contributed by atoms with van der Waals surface area (Å²) in [6, 6.07) is 7.08. The summed E-state index contributed by atoms with van der Waals surface area (Å²) in [7, 11) is 0. The van der Waals surface area contributed by atoms with Crippen LogP contribution in [0.15, 0.2) is 24.3 Å². The van der Waals surface area contributed by atoms with E-state index in [1.807, 2.05) is 0 Å². The highest BCUT2D eigenvalue weighted by atomic mass is 16.2. The first-order chi connectivity index (χ1) is 9.10. The van der Waals surface area contributed by atoms with E-state index in [2.05, 4.69) is 12.2 Å². The average Bonchev–Trinajstić information content (AvgIpc) is 2.73. The molecule has 0 saturated carbocycles. The summed E-state index contributed by atoms with van der Waals surface area (Å²) < 4.78 is 0. The smallest absolute Gasteiger partial charge is 0.244 e. The van der Waals surface area contributed by atoms with Gasteiger partial charge in [-0.2, -0.15) is 0 Å². The number of hydrogen-bond acceptors (Lipinski definition) is 3. The van der Waals surface area contributed by atoms with Crippen LogP contribution in [-0.2, 0) is 9.59 Å². The van der Waals surface area contributed by atoms with E-state index in [4.69, 9.17) is 5.73 Å². The lowest BCUT2D eigenvalue weighted by molar-refractivity contribution is -0.131. The molecule has 1 saturated heterocycles. The predicted octanol–water partition coefficient (Wildman–Crippen LogP) is 1.47. The standard InChI is InChI=1S/C14H19N3O2/c1-2-10-7-14(19)17(8-10)9-13(18)16-12-6-4-3-5-11(12)15/h3-6,10H,2,7-9,15H2,1H3,(H,16,18). The first-order valence-electron chi connectivity index (χ1n) is 6.52. The zero-order valence-electron chi connectivity index (χ0n) is 11.1. The summed E-state index contributed by atoms with van der Waals surface area (Å²) in [4.78, 5) is 25.2. The average molecular weight is 261 g/mol. The fourth-order valence-electron chi connectivity index (χ4n) is 2.25. The molecule has 1 fully saturated rings. The third kappa shape index (κ3) is 3.24. The molecule has 5 heteroatoms. The van der Waals surface area contributed by atoms with Gasteiger partial charge in [0.05, 0.1) is 17.9 Å². The number of nitrogens with two attached hydrogens (primary N) is 1. The summed E-state index contributed by atoms with van der Waals surface area (Å²) in [6.45, 7) is 2.84. The Morgan fingerprint density at radius 1 is 1.47 bits per heavy atom. The van der Waals surface area contributed by atoms with Crippen molar-refractivity contribution in [1.82, 2.24) is 4.90 Å². The molecule has 1 aromatic carbocycles. The van der Waals surface area contributed by atoms with Crippen molar-refractivity contribution in [3.63, 3.8) is 0 Å². The quantitative estimate of drug-likeness (QED) is 0.806. The van der Waals surface area contributed by atoms with Crippen LogP contribution in [0.4, 0.5) is 11.4 Å². The summed E-state index contributed by atoms with van der Waals surface area (Å²) >= 11 is 0. The van der Waals surface area contributed by atoms with E-state index in [0.29, 0.717) is 30.3 Å². The lowest BCUT2D eigenvalue weighted by Gasteiger charge is -2.16. The van der Waals surface area contributed by atoms with Crippen LogP contribution in [0.25, 0.3) is 0 Å². The van der Waals surface area contributed by atoms with Crippen molar-refractivity contribution in [3.05, 3.63) is 24.3 Å². The van der Waals surface area contributed by atoms with Gasteiger partial charge in [0.2, 0.25) is 11.8 Å². The van der Waals surface area contributed by atoms with Gasteiger partial charge in [0.1, 0.15) is 0 Å². The Morgan fingerprint density at radius 2 is 2.21 bits per heavy atom. The minimum absolute atomic E-state index is 0.0584. The lowest BCUT2D eigenvalue weighted by atomic mass is 10.1. The van der Waals surface area contributed by atoms with Gasteiger partial charge < -0.3 is 16.0 Å². The van der Waals surface area contributed by atoms with E-state index >= 15 is 0 Å². The van der Waals surface area contributed by atoms with Crippen LogP contribution in [0.1, 0.15) is 19.8 Å². The first-order valence-corrected chi connectivity index (χ1v) is 6.52. The summed E-state index contributed by atoms with van der Waals surface area (Å²) in [5.41, 5.74) is 6.86. The molecule has 1 aliphatic rings. The van der Waals surface area contributed by atoms with E-state index in [9.17, 15) is 9.59 Å². The molecule has 1 aromatic rings. The van der Waals surface area contributed by atoms with Crippen LogP contribution < -0.4 is 11.1 Å². The van der Waals surface area contributed by atoms with Crippen molar-refractivity contribution in [3.8, 4) is 0 Å². The topological polar surface area (TPSA) is 75.4 Å². The van der Waals surface area contributed by atoms with Crippen LogP contribution >= 0.6 is 0 Å². The second kappa shape index (κ2) is 5.73. The van der Waals surface area contributed by atoms with Crippen molar-refractivity contribution in [2.75, 3.05) is 24.1 Å². The minimum atomic E-state index is -0.206. The van der Waals surface area contributed by atoms with Gasteiger partial charge >= 0.3 is 0 Å². The molecule has 1 aliphatic heterocycles. The highest BCUT2D eigenvalue weighted by Gasteiger charge is 2.29.